The van der Waals surface area contributed by atoms with E-state index in [1.54, 1.807) is 0 Å². The van der Waals surface area contributed by atoms with E-state index < -0.39 is 0 Å². The lowest BCUT2D eigenvalue weighted by atomic mass is 9.91. The molecule has 0 radical (unpaired) electrons. The van der Waals surface area contributed by atoms with Gasteiger partial charge in [0.2, 0.25) is 0 Å². The van der Waals surface area contributed by atoms with Gasteiger partial charge in [0.05, 0.1) is 0 Å². The van der Waals surface area contributed by atoms with Gasteiger partial charge in [0.1, 0.15) is 5.75 Å². The summed E-state index contributed by atoms with van der Waals surface area (Å²) < 4.78 is 0. The van der Waals surface area contributed by atoms with Crippen molar-refractivity contribution < 1.29 is 5.11 Å². The molecule has 1 aromatic carbocycles. The van der Waals surface area contributed by atoms with Crippen LogP contribution in [-0.2, 0) is 6.54 Å². The highest BCUT2D eigenvalue weighted by Crippen LogP contribution is 2.30. The third-order valence-corrected chi connectivity index (χ3v) is 3.95. The number of phenolic OH excluding ortho intramolecular Hbond substituents is 1. The van der Waals surface area contributed by atoms with Crippen LogP contribution in [0, 0.1) is 6.92 Å². The summed E-state index contributed by atoms with van der Waals surface area (Å²) >= 11 is 0. The highest BCUT2D eigenvalue weighted by molar-refractivity contribution is 5.44. The first-order chi connectivity index (χ1) is 9.45. The van der Waals surface area contributed by atoms with E-state index in [1.807, 2.05) is 21.0 Å². The molecule has 0 bridgehead atoms. The number of aryl methyl sites for hydroxylation is 1. The van der Waals surface area contributed by atoms with Gasteiger partial charge in [0, 0.05) is 12.1 Å². The smallest absolute Gasteiger partial charge is 0.122 e. The zero-order chi connectivity index (χ0) is 15.1. The molecule has 0 amide bonds. The molecule has 1 atom stereocenters. The zero-order valence-corrected chi connectivity index (χ0v) is 13.9. The summed E-state index contributed by atoms with van der Waals surface area (Å²) in [6, 6.07) is 4.34. The lowest BCUT2D eigenvalue weighted by Gasteiger charge is -2.18. The molecule has 0 aliphatic carbocycles. The molecular weight excluding hydrogens is 246 g/mol. The number of unbranched alkanes of at least 4 members (excludes halogenated alkanes) is 3. The highest BCUT2D eigenvalue weighted by Gasteiger charge is 2.12. The quantitative estimate of drug-likeness (QED) is 0.688. The second-order valence-electron chi connectivity index (χ2n) is 6.33. The topological polar surface area (TPSA) is 23.5 Å². The molecule has 0 aliphatic rings. The van der Waals surface area contributed by atoms with Gasteiger partial charge >= 0.3 is 0 Å². The summed E-state index contributed by atoms with van der Waals surface area (Å²) in [5.74, 6) is 1.03. The Bertz CT molecular complexity index is 412. The molecule has 1 aromatic rings. The molecule has 2 heteroatoms. The van der Waals surface area contributed by atoms with Crippen LogP contribution in [0.4, 0.5) is 0 Å². The van der Waals surface area contributed by atoms with Crippen LogP contribution in [0.5, 0.6) is 5.75 Å². The molecule has 0 heterocycles. The van der Waals surface area contributed by atoms with Gasteiger partial charge < -0.3 is 10.0 Å². The van der Waals surface area contributed by atoms with Gasteiger partial charge in [0.15, 0.2) is 0 Å². The van der Waals surface area contributed by atoms with Crippen molar-refractivity contribution in [2.45, 2.75) is 65.3 Å². The summed E-state index contributed by atoms with van der Waals surface area (Å²) in [4.78, 5) is 2.10. The van der Waals surface area contributed by atoms with Crippen molar-refractivity contribution in [3.8, 4) is 5.75 Å². The van der Waals surface area contributed by atoms with Gasteiger partial charge in [-0.1, -0.05) is 51.7 Å². The number of rotatable bonds is 8. The zero-order valence-electron chi connectivity index (χ0n) is 13.9. The normalized spacial score (nSPS) is 12.9. The van der Waals surface area contributed by atoms with Crippen molar-refractivity contribution in [1.29, 1.82) is 0 Å². The number of aromatic hydroxyl groups is 1. The average Bonchev–Trinajstić information content (AvgIpc) is 2.39. The van der Waals surface area contributed by atoms with E-state index in [2.05, 4.69) is 30.9 Å². The van der Waals surface area contributed by atoms with Gasteiger partial charge in [-0.05, 0) is 44.5 Å². The predicted octanol–water partition coefficient (Wildman–Crippen LogP) is 4.84. The molecule has 0 saturated heterocycles. The van der Waals surface area contributed by atoms with E-state index >= 15 is 0 Å². The maximum Gasteiger partial charge on any atom is 0.122 e. The maximum atomic E-state index is 10.2. The molecule has 20 heavy (non-hydrogen) atoms. The highest BCUT2D eigenvalue weighted by atomic mass is 16.3. The monoisotopic (exact) mass is 277 g/mol. The largest absolute Gasteiger partial charge is 0.507 e. The lowest BCUT2D eigenvalue weighted by molar-refractivity contribution is 0.384. The fourth-order valence-corrected chi connectivity index (χ4v) is 2.67. The summed E-state index contributed by atoms with van der Waals surface area (Å²) in [5, 5.41) is 10.2. The number of benzene rings is 1. The third kappa shape index (κ3) is 5.16. The SMILES string of the molecule is CCCCCC[C@H](C)c1cc(C)c(O)c(CN(C)C)c1. The Morgan fingerprint density at radius 3 is 2.45 bits per heavy atom. The Balaban J connectivity index is 2.76. The Kier molecular flexibility index (Phi) is 7.08. The van der Waals surface area contributed by atoms with Crippen molar-refractivity contribution in [3.63, 3.8) is 0 Å². The van der Waals surface area contributed by atoms with E-state index in [4.69, 9.17) is 0 Å². The van der Waals surface area contributed by atoms with Crippen LogP contribution >= 0.6 is 0 Å². The first-order valence-electron chi connectivity index (χ1n) is 7.92. The number of phenols is 1. The van der Waals surface area contributed by atoms with E-state index in [1.165, 1.54) is 37.7 Å². The van der Waals surface area contributed by atoms with Gasteiger partial charge in [0.25, 0.3) is 0 Å². The molecule has 1 N–H and O–H groups in total. The Morgan fingerprint density at radius 1 is 1.15 bits per heavy atom. The van der Waals surface area contributed by atoms with Crippen molar-refractivity contribution in [2.75, 3.05) is 14.1 Å². The number of hydrogen-bond donors (Lipinski definition) is 1. The molecule has 114 valence electrons. The lowest BCUT2D eigenvalue weighted by Crippen LogP contribution is -2.11. The minimum absolute atomic E-state index is 0.459. The van der Waals surface area contributed by atoms with Crippen molar-refractivity contribution in [2.24, 2.45) is 0 Å². The maximum absolute atomic E-state index is 10.2. The van der Waals surface area contributed by atoms with Crippen LogP contribution in [0.25, 0.3) is 0 Å². The molecule has 0 unspecified atom stereocenters. The van der Waals surface area contributed by atoms with Crippen LogP contribution in [0.15, 0.2) is 12.1 Å². The molecule has 0 aliphatic heterocycles. The second-order valence-corrected chi connectivity index (χ2v) is 6.33. The summed E-state index contributed by atoms with van der Waals surface area (Å²) in [6.07, 6.45) is 6.51. The molecule has 0 spiro atoms. The first-order valence-corrected chi connectivity index (χ1v) is 7.92. The van der Waals surface area contributed by atoms with Gasteiger partial charge in [-0.25, -0.2) is 0 Å². The van der Waals surface area contributed by atoms with Gasteiger partial charge in [-0.3, -0.25) is 0 Å². The van der Waals surface area contributed by atoms with E-state index in [0.717, 1.165) is 17.7 Å². The first kappa shape index (κ1) is 17.0. The second kappa shape index (κ2) is 8.31. The number of nitrogens with zero attached hydrogens (tertiary/aromatic N) is 1. The average molecular weight is 277 g/mol. The van der Waals surface area contributed by atoms with Gasteiger partial charge in [-0.2, -0.15) is 0 Å². The van der Waals surface area contributed by atoms with E-state index in [9.17, 15) is 5.11 Å². The van der Waals surface area contributed by atoms with E-state index in [0.29, 0.717) is 11.7 Å². The van der Waals surface area contributed by atoms with Crippen LogP contribution in [0.3, 0.4) is 0 Å². The number of hydrogen-bond acceptors (Lipinski definition) is 2. The summed E-state index contributed by atoms with van der Waals surface area (Å²) in [6.45, 7) is 7.35. The van der Waals surface area contributed by atoms with Crippen LogP contribution in [0.1, 0.15) is 68.6 Å². The van der Waals surface area contributed by atoms with E-state index in [-0.39, 0.29) is 0 Å². The van der Waals surface area contributed by atoms with Crippen LogP contribution < -0.4 is 0 Å². The Labute approximate surface area is 124 Å². The standard InChI is InChI=1S/C18H31NO/c1-6-7-8-9-10-14(2)16-11-15(3)18(20)17(12-16)13-19(4)5/h11-12,14,20H,6-10,13H2,1-5H3/t14-/m0/s1. The van der Waals surface area contributed by atoms with Crippen molar-refractivity contribution in [1.82, 2.24) is 4.90 Å². The third-order valence-electron chi connectivity index (χ3n) is 3.95. The molecule has 1 rings (SSSR count). The minimum Gasteiger partial charge on any atom is -0.507 e. The Hall–Kier alpha value is -1.02. The van der Waals surface area contributed by atoms with Crippen LogP contribution in [0.2, 0.25) is 0 Å². The molecule has 0 fully saturated rings. The predicted molar refractivity (Wildman–Crippen MR) is 87.4 cm³/mol. The minimum atomic E-state index is 0.459. The fraction of sp³-hybridized carbons (Fsp3) is 0.667. The molecule has 0 aromatic heterocycles. The Morgan fingerprint density at radius 2 is 1.85 bits per heavy atom. The molecule has 0 saturated carbocycles. The van der Waals surface area contributed by atoms with Crippen molar-refractivity contribution >= 4 is 0 Å². The fourth-order valence-electron chi connectivity index (χ4n) is 2.67. The summed E-state index contributed by atoms with van der Waals surface area (Å²) in [7, 11) is 4.07. The molecular formula is C18H31NO. The molecule has 2 nitrogen and oxygen atoms in total. The van der Waals surface area contributed by atoms with Crippen molar-refractivity contribution in [3.05, 3.63) is 28.8 Å². The van der Waals surface area contributed by atoms with Crippen LogP contribution in [-0.4, -0.2) is 24.1 Å². The summed E-state index contributed by atoms with van der Waals surface area (Å²) in [5.41, 5.74) is 3.42. The van der Waals surface area contributed by atoms with Gasteiger partial charge in [-0.15, -0.1) is 0 Å².